The summed E-state index contributed by atoms with van der Waals surface area (Å²) < 4.78 is 39.3. The average Bonchev–Trinajstić information content (AvgIpc) is 2.26. The number of rotatable bonds is 3. The second kappa shape index (κ2) is 4.08. The van der Waals surface area contributed by atoms with Crippen molar-refractivity contribution in [1.82, 2.24) is 9.78 Å². The van der Waals surface area contributed by atoms with Crippen LogP contribution in [0.2, 0.25) is 0 Å². The van der Waals surface area contributed by atoms with E-state index in [4.69, 9.17) is 0 Å². The third kappa shape index (κ3) is 3.14. The zero-order valence-electron chi connectivity index (χ0n) is 7.77. The van der Waals surface area contributed by atoms with Crippen LogP contribution in [0.1, 0.15) is 26.0 Å². The molecule has 6 heteroatoms. The van der Waals surface area contributed by atoms with Crippen LogP contribution in [0.5, 0.6) is 0 Å². The van der Waals surface area contributed by atoms with Crippen LogP contribution in [0.3, 0.4) is 0 Å². The molecule has 0 fully saturated rings. The quantitative estimate of drug-likeness (QED) is 0.783. The van der Waals surface area contributed by atoms with Crippen LogP contribution in [-0.2, 0) is 6.54 Å². The van der Waals surface area contributed by atoms with Crippen LogP contribution >= 0.6 is 22.6 Å². The zero-order valence-corrected chi connectivity index (χ0v) is 9.93. The Hall–Kier alpha value is -0.270. The third-order valence-electron chi connectivity index (χ3n) is 1.49. The summed E-state index contributed by atoms with van der Waals surface area (Å²) in [7, 11) is 0. The maximum Gasteiger partial charge on any atom is 0.283 e. The minimum absolute atomic E-state index is 0.0181. The van der Waals surface area contributed by atoms with Crippen molar-refractivity contribution in [2.24, 2.45) is 0 Å². The van der Waals surface area contributed by atoms with Crippen LogP contribution < -0.4 is 0 Å². The van der Waals surface area contributed by atoms with E-state index in [9.17, 15) is 13.2 Å². The molecule has 0 aliphatic carbocycles. The lowest BCUT2D eigenvalue weighted by atomic mass is 10.2. The maximum atomic E-state index is 13.2. The summed E-state index contributed by atoms with van der Waals surface area (Å²) >= 11 is 1.76. The Bertz CT molecular complexity index is 317. The molecule has 0 amide bonds. The lowest BCUT2D eigenvalue weighted by Crippen LogP contribution is -2.21. The van der Waals surface area contributed by atoms with Gasteiger partial charge in [-0.3, -0.25) is 4.68 Å². The minimum Gasteiger partial charge on any atom is -0.268 e. The first-order chi connectivity index (χ1) is 6.29. The van der Waals surface area contributed by atoms with Crippen molar-refractivity contribution in [3.63, 3.8) is 0 Å². The zero-order chi connectivity index (χ0) is 10.9. The number of hydrogen-bond acceptors (Lipinski definition) is 1. The summed E-state index contributed by atoms with van der Waals surface area (Å²) in [4.78, 5) is 0. The number of nitrogens with zero attached hydrogens (tertiary/aromatic N) is 2. The molecule has 0 unspecified atom stereocenters. The molecule has 80 valence electrons. The Morgan fingerprint density at radius 3 is 2.50 bits per heavy atom. The van der Waals surface area contributed by atoms with Crippen molar-refractivity contribution in [1.29, 1.82) is 0 Å². The molecule has 1 rings (SSSR count). The van der Waals surface area contributed by atoms with Gasteiger partial charge in [-0.05, 0) is 36.4 Å². The average molecular weight is 318 g/mol. The van der Waals surface area contributed by atoms with Crippen LogP contribution in [0.25, 0.3) is 0 Å². The molecular weight excluding hydrogens is 308 g/mol. The molecule has 0 aliphatic heterocycles. The van der Waals surface area contributed by atoms with Gasteiger partial charge in [0.1, 0.15) is 11.4 Å². The van der Waals surface area contributed by atoms with Gasteiger partial charge in [-0.1, -0.05) is 0 Å². The summed E-state index contributed by atoms with van der Waals surface area (Å²) in [5.74, 6) is 0. The van der Waals surface area contributed by atoms with E-state index < -0.39 is 12.1 Å². The van der Waals surface area contributed by atoms with Gasteiger partial charge in [0.2, 0.25) is 0 Å². The van der Waals surface area contributed by atoms with E-state index in [1.807, 2.05) is 0 Å². The molecule has 1 aromatic rings. The van der Waals surface area contributed by atoms with E-state index in [2.05, 4.69) is 5.10 Å². The number of aromatic nitrogens is 2. The van der Waals surface area contributed by atoms with Crippen LogP contribution in [0, 0.1) is 3.57 Å². The first-order valence-corrected chi connectivity index (χ1v) is 5.07. The van der Waals surface area contributed by atoms with Crippen molar-refractivity contribution in [2.45, 2.75) is 32.5 Å². The molecule has 0 aliphatic rings. The van der Waals surface area contributed by atoms with Gasteiger partial charge < -0.3 is 0 Å². The summed E-state index contributed by atoms with van der Waals surface area (Å²) in [5, 5.41) is 3.61. The lowest BCUT2D eigenvalue weighted by molar-refractivity contribution is 0.140. The molecule has 1 heterocycles. The van der Waals surface area contributed by atoms with Gasteiger partial charge in [-0.15, -0.1) is 0 Å². The topological polar surface area (TPSA) is 17.8 Å². The molecule has 0 aromatic carbocycles. The number of alkyl halides is 3. The summed E-state index contributed by atoms with van der Waals surface area (Å²) in [6, 6.07) is 0. The molecule has 2 nitrogen and oxygen atoms in total. The summed E-state index contributed by atoms with van der Waals surface area (Å²) in [6.07, 6.45) is -1.19. The van der Waals surface area contributed by atoms with Crippen molar-refractivity contribution in [2.75, 3.05) is 0 Å². The van der Waals surface area contributed by atoms with Gasteiger partial charge in [0.25, 0.3) is 6.43 Å². The second-order valence-corrected chi connectivity index (χ2v) is 4.74. The van der Waals surface area contributed by atoms with Crippen molar-refractivity contribution in [3.8, 4) is 0 Å². The minimum atomic E-state index is -2.61. The first kappa shape index (κ1) is 11.8. The second-order valence-electron chi connectivity index (χ2n) is 3.58. The standard InChI is InChI=1S/C8H10F3IN2/c1-8(2,11)4-14-3-5(12)6(13-14)7(9)10/h3,7H,4H2,1-2H3. The Morgan fingerprint density at radius 1 is 1.57 bits per heavy atom. The fraction of sp³-hybridized carbons (Fsp3) is 0.625. The molecule has 0 saturated heterocycles. The highest BCUT2D eigenvalue weighted by Crippen LogP contribution is 2.23. The van der Waals surface area contributed by atoms with E-state index >= 15 is 0 Å². The number of hydrogen-bond donors (Lipinski definition) is 0. The molecule has 0 saturated carbocycles. The normalized spacial score (nSPS) is 12.5. The van der Waals surface area contributed by atoms with Crippen molar-refractivity contribution >= 4 is 22.6 Å². The molecule has 1 aromatic heterocycles. The molecular formula is C8H10F3IN2. The van der Waals surface area contributed by atoms with Crippen molar-refractivity contribution < 1.29 is 13.2 Å². The van der Waals surface area contributed by atoms with Crippen LogP contribution in [0.4, 0.5) is 13.2 Å². The van der Waals surface area contributed by atoms with E-state index in [0.29, 0.717) is 3.57 Å². The van der Waals surface area contributed by atoms with Crippen LogP contribution in [0.15, 0.2) is 6.20 Å². The lowest BCUT2D eigenvalue weighted by Gasteiger charge is -2.13. The predicted molar refractivity (Wildman–Crippen MR) is 55.1 cm³/mol. The number of halogens is 4. The summed E-state index contributed by atoms with van der Waals surface area (Å²) in [6.45, 7) is 2.74. The Balaban J connectivity index is 2.86. The van der Waals surface area contributed by atoms with Gasteiger partial charge in [0.05, 0.1) is 10.1 Å². The smallest absolute Gasteiger partial charge is 0.268 e. The van der Waals surface area contributed by atoms with Gasteiger partial charge in [-0.2, -0.15) is 5.10 Å². The fourth-order valence-electron chi connectivity index (χ4n) is 1.03. The Morgan fingerprint density at radius 2 is 2.14 bits per heavy atom. The monoisotopic (exact) mass is 318 g/mol. The van der Waals surface area contributed by atoms with Gasteiger partial charge in [0, 0.05) is 6.20 Å². The van der Waals surface area contributed by atoms with Gasteiger partial charge in [-0.25, -0.2) is 13.2 Å². The van der Waals surface area contributed by atoms with E-state index in [0.717, 1.165) is 0 Å². The van der Waals surface area contributed by atoms with E-state index in [-0.39, 0.29) is 12.2 Å². The molecule has 14 heavy (non-hydrogen) atoms. The van der Waals surface area contributed by atoms with E-state index in [1.165, 1.54) is 24.7 Å². The predicted octanol–water partition coefficient (Wildman–Crippen LogP) is 3.17. The Kier molecular flexibility index (Phi) is 3.44. The van der Waals surface area contributed by atoms with Gasteiger partial charge in [0.15, 0.2) is 0 Å². The summed E-state index contributed by atoms with van der Waals surface area (Å²) in [5.41, 5.74) is -1.73. The van der Waals surface area contributed by atoms with Gasteiger partial charge >= 0.3 is 0 Å². The molecule has 0 radical (unpaired) electrons. The molecule has 0 bridgehead atoms. The highest BCUT2D eigenvalue weighted by atomic mass is 127. The fourth-order valence-corrected chi connectivity index (χ4v) is 1.69. The maximum absolute atomic E-state index is 13.2. The van der Waals surface area contributed by atoms with Crippen molar-refractivity contribution in [3.05, 3.63) is 15.5 Å². The van der Waals surface area contributed by atoms with E-state index in [1.54, 1.807) is 22.6 Å². The molecule has 0 spiro atoms. The molecule has 0 N–H and O–H groups in total. The first-order valence-electron chi connectivity index (χ1n) is 3.99. The largest absolute Gasteiger partial charge is 0.283 e. The van der Waals surface area contributed by atoms with Crippen LogP contribution in [-0.4, -0.2) is 15.4 Å². The molecule has 0 atom stereocenters. The highest BCUT2D eigenvalue weighted by molar-refractivity contribution is 14.1. The SMILES string of the molecule is CC(C)(F)Cn1cc(I)c(C(F)F)n1. The Labute approximate surface area is 93.6 Å². The highest BCUT2D eigenvalue weighted by Gasteiger charge is 2.21. The third-order valence-corrected chi connectivity index (χ3v) is 2.32.